The molecular weight excluding hydrogens is 276 g/mol. The van der Waals surface area contributed by atoms with Crippen molar-refractivity contribution in [3.05, 3.63) is 54.2 Å². The maximum atomic E-state index is 9.21. The largest absolute Gasteiger partial charge is 0.396 e. The number of aromatic nitrogens is 1. The van der Waals surface area contributed by atoms with Crippen LogP contribution in [-0.4, -0.2) is 36.0 Å². The molecule has 1 aromatic heterocycles. The van der Waals surface area contributed by atoms with Crippen molar-refractivity contribution in [3.63, 3.8) is 0 Å². The first-order chi connectivity index (χ1) is 10.7. The molecule has 0 fully saturated rings. The van der Waals surface area contributed by atoms with E-state index in [0.717, 1.165) is 17.8 Å². The molecule has 1 heterocycles. The lowest BCUT2D eigenvalue weighted by atomic mass is 9.98. The zero-order valence-electron chi connectivity index (χ0n) is 13.2. The number of rotatable bonds is 8. The first kappa shape index (κ1) is 16.6. The summed E-state index contributed by atoms with van der Waals surface area (Å²) in [6, 6.07) is 14.2. The monoisotopic (exact) mass is 300 g/mol. The summed E-state index contributed by atoms with van der Waals surface area (Å²) in [5.41, 5.74) is 3.03. The Kier molecular flexibility index (Phi) is 6.07. The summed E-state index contributed by atoms with van der Waals surface area (Å²) in [6.07, 6.45) is 2.46. The molecule has 1 aromatic carbocycles. The van der Waals surface area contributed by atoms with Gasteiger partial charge >= 0.3 is 0 Å². The fourth-order valence-corrected chi connectivity index (χ4v) is 2.47. The number of aliphatic hydroxyl groups excluding tert-OH is 1. The number of ether oxygens (including phenoxy) is 1. The third-order valence-corrected chi connectivity index (χ3v) is 3.73. The molecule has 1 atom stereocenters. The lowest BCUT2D eigenvalue weighted by molar-refractivity contribution is 0.0970. The van der Waals surface area contributed by atoms with E-state index in [1.165, 1.54) is 5.56 Å². The fourth-order valence-electron chi connectivity index (χ4n) is 2.47. The quantitative estimate of drug-likeness (QED) is 0.787. The van der Waals surface area contributed by atoms with Crippen molar-refractivity contribution in [2.45, 2.75) is 25.4 Å². The molecule has 0 aliphatic carbocycles. The Morgan fingerprint density at radius 1 is 1.23 bits per heavy atom. The van der Waals surface area contributed by atoms with Crippen LogP contribution >= 0.6 is 0 Å². The molecule has 0 radical (unpaired) electrons. The van der Waals surface area contributed by atoms with E-state index in [9.17, 15) is 5.11 Å². The number of pyridine rings is 1. The molecule has 2 rings (SSSR count). The highest BCUT2D eigenvalue weighted by atomic mass is 16.5. The topological polar surface area (TPSA) is 54.4 Å². The van der Waals surface area contributed by atoms with Gasteiger partial charge in [0.2, 0.25) is 0 Å². The minimum atomic E-state index is -0.232. The normalized spacial score (nSPS) is 13.8. The number of benzene rings is 1. The first-order valence-corrected chi connectivity index (χ1v) is 7.52. The Bertz CT molecular complexity index is 566. The molecule has 22 heavy (non-hydrogen) atoms. The highest BCUT2D eigenvalue weighted by molar-refractivity contribution is 5.59. The Morgan fingerprint density at radius 3 is 2.77 bits per heavy atom. The van der Waals surface area contributed by atoms with Crippen LogP contribution in [0.4, 0.5) is 0 Å². The highest BCUT2D eigenvalue weighted by Crippen LogP contribution is 2.18. The van der Waals surface area contributed by atoms with E-state index in [1.54, 1.807) is 13.3 Å². The molecule has 0 amide bonds. The molecule has 2 aromatic rings. The molecule has 4 heteroatoms. The van der Waals surface area contributed by atoms with Crippen molar-refractivity contribution < 1.29 is 9.84 Å². The first-order valence-electron chi connectivity index (χ1n) is 7.52. The van der Waals surface area contributed by atoms with E-state index in [-0.39, 0.29) is 12.1 Å². The average molecular weight is 300 g/mol. The predicted molar refractivity (Wildman–Crippen MR) is 88.5 cm³/mol. The maximum absolute atomic E-state index is 9.21. The van der Waals surface area contributed by atoms with E-state index >= 15 is 0 Å². The van der Waals surface area contributed by atoms with Crippen molar-refractivity contribution in [1.29, 1.82) is 0 Å². The van der Waals surface area contributed by atoms with Gasteiger partial charge in [-0.15, -0.1) is 0 Å². The summed E-state index contributed by atoms with van der Waals surface area (Å²) in [7, 11) is 1.68. The van der Waals surface area contributed by atoms with Crippen LogP contribution in [0.15, 0.2) is 48.7 Å². The second kappa shape index (κ2) is 8.03. The second-order valence-electron chi connectivity index (χ2n) is 5.74. The van der Waals surface area contributed by atoms with E-state index < -0.39 is 0 Å². The molecule has 0 saturated heterocycles. The number of nitrogens with one attached hydrogen (secondary N) is 1. The van der Waals surface area contributed by atoms with Crippen LogP contribution in [0.5, 0.6) is 0 Å². The van der Waals surface area contributed by atoms with Crippen LogP contribution in [-0.2, 0) is 11.3 Å². The predicted octanol–water partition coefficient (Wildman–Crippen LogP) is 2.63. The third kappa shape index (κ3) is 4.63. The van der Waals surface area contributed by atoms with Crippen molar-refractivity contribution in [1.82, 2.24) is 10.3 Å². The minimum Gasteiger partial charge on any atom is -0.396 e. The van der Waals surface area contributed by atoms with Crippen molar-refractivity contribution in [2.75, 3.05) is 20.3 Å². The summed E-state index contributed by atoms with van der Waals surface area (Å²) in [5.74, 6) is 0. The summed E-state index contributed by atoms with van der Waals surface area (Å²) >= 11 is 0. The zero-order chi connectivity index (χ0) is 15.8. The molecule has 0 bridgehead atoms. The van der Waals surface area contributed by atoms with E-state index in [4.69, 9.17) is 4.74 Å². The molecule has 118 valence electrons. The second-order valence-corrected chi connectivity index (χ2v) is 5.74. The summed E-state index contributed by atoms with van der Waals surface area (Å²) in [5, 5.41) is 12.7. The maximum Gasteiger partial charge on any atom is 0.0702 e. The van der Waals surface area contributed by atoms with Crippen LogP contribution in [0.1, 0.15) is 18.9 Å². The van der Waals surface area contributed by atoms with Crippen LogP contribution in [0, 0.1) is 0 Å². The van der Waals surface area contributed by atoms with E-state index in [2.05, 4.69) is 35.4 Å². The minimum absolute atomic E-state index is 0.140. The molecule has 4 nitrogen and oxygen atoms in total. The van der Waals surface area contributed by atoms with Crippen LogP contribution in [0.2, 0.25) is 0 Å². The van der Waals surface area contributed by atoms with Gasteiger partial charge in [0, 0.05) is 37.6 Å². The van der Waals surface area contributed by atoms with Crippen LogP contribution < -0.4 is 5.32 Å². The smallest absolute Gasteiger partial charge is 0.0702 e. The van der Waals surface area contributed by atoms with Gasteiger partial charge in [-0.2, -0.15) is 0 Å². The van der Waals surface area contributed by atoms with E-state index in [0.29, 0.717) is 13.0 Å². The van der Waals surface area contributed by atoms with Gasteiger partial charge < -0.3 is 15.2 Å². The molecule has 0 spiro atoms. The molecule has 0 saturated carbocycles. The summed E-state index contributed by atoms with van der Waals surface area (Å²) in [6.45, 7) is 3.49. The number of nitrogens with zero attached hydrogens (tertiary/aromatic N) is 1. The highest BCUT2D eigenvalue weighted by Gasteiger charge is 2.22. The average Bonchev–Trinajstić information content (AvgIpc) is 2.55. The van der Waals surface area contributed by atoms with Crippen molar-refractivity contribution in [2.24, 2.45) is 0 Å². The standard InChI is InChI=1S/C18H24N2O2/c1-18(9-11-21,14-22-2)20-13-15-6-5-7-16(12-15)17-8-3-4-10-19-17/h3-8,10,12,20-21H,9,11,13-14H2,1-2H3. The van der Waals surface area contributed by atoms with E-state index in [1.807, 2.05) is 24.3 Å². The zero-order valence-corrected chi connectivity index (χ0v) is 13.2. The van der Waals surface area contributed by atoms with Gasteiger partial charge in [-0.25, -0.2) is 0 Å². The van der Waals surface area contributed by atoms with Gasteiger partial charge in [-0.1, -0.05) is 24.3 Å². The van der Waals surface area contributed by atoms with Gasteiger partial charge in [0.05, 0.1) is 12.3 Å². The van der Waals surface area contributed by atoms with Gasteiger partial charge in [0.1, 0.15) is 0 Å². The summed E-state index contributed by atoms with van der Waals surface area (Å²) < 4.78 is 5.26. The van der Waals surface area contributed by atoms with Gasteiger partial charge in [-0.3, -0.25) is 4.98 Å². The molecule has 2 N–H and O–H groups in total. The Morgan fingerprint density at radius 2 is 2.09 bits per heavy atom. The van der Waals surface area contributed by atoms with Crippen LogP contribution in [0.25, 0.3) is 11.3 Å². The van der Waals surface area contributed by atoms with Crippen molar-refractivity contribution in [3.8, 4) is 11.3 Å². The van der Waals surface area contributed by atoms with Gasteiger partial charge in [0.15, 0.2) is 0 Å². The Labute approximate surface area is 132 Å². The Hall–Kier alpha value is -1.75. The van der Waals surface area contributed by atoms with Crippen LogP contribution in [0.3, 0.4) is 0 Å². The lowest BCUT2D eigenvalue weighted by Crippen LogP contribution is -2.46. The third-order valence-electron chi connectivity index (χ3n) is 3.73. The fraction of sp³-hybridized carbons (Fsp3) is 0.389. The molecular formula is C18H24N2O2. The number of methoxy groups -OCH3 is 1. The number of hydrogen-bond donors (Lipinski definition) is 2. The lowest BCUT2D eigenvalue weighted by Gasteiger charge is -2.29. The van der Waals surface area contributed by atoms with Gasteiger partial charge in [0.25, 0.3) is 0 Å². The molecule has 1 unspecified atom stereocenters. The SMILES string of the molecule is COCC(C)(CCO)NCc1cccc(-c2ccccn2)c1. The summed E-state index contributed by atoms with van der Waals surface area (Å²) in [4.78, 5) is 4.38. The van der Waals surface area contributed by atoms with Crippen molar-refractivity contribution >= 4 is 0 Å². The molecule has 0 aliphatic heterocycles. The number of aliphatic hydroxyl groups is 1. The van der Waals surface area contributed by atoms with Gasteiger partial charge in [-0.05, 0) is 37.1 Å². The molecule has 0 aliphatic rings. The Balaban J connectivity index is 2.07. The number of hydrogen-bond acceptors (Lipinski definition) is 4.